The van der Waals surface area contributed by atoms with Gasteiger partial charge in [0, 0.05) is 18.4 Å². The summed E-state index contributed by atoms with van der Waals surface area (Å²) in [6, 6.07) is 3.25. The van der Waals surface area contributed by atoms with E-state index in [1.54, 1.807) is 28.0 Å². The van der Waals surface area contributed by atoms with E-state index in [1.165, 1.54) is 0 Å². The highest BCUT2D eigenvalue weighted by Crippen LogP contribution is 2.24. The number of carbonyl (C=O) groups excluding carboxylic acids is 2. The highest BCUT2D eigenvalue weighted by atomic mass is 16.2. The van der Waals surface area contributed by atoms with Gasteiger partial charge in [0.2, 0.25) is 5.91 Å². The number of hydrogen-bond acceptors (Lipinski definition) is 4. The van der Waals surface area contributed by atoms with E-state index in [1.807, 2.05) is 6.07 Å². The van der Waals surface area contributed by atoms with Crippen LogP contribution in [0.2, 0.25) is 0 Å². The molecular formula is C16H20N6O2. The molecule has 2 aromatic heterocycles. The summed E-state index contributed by atoms with van der Waals surface area (Å²) in [5, 5.41) is 13.9. The first-order valence-electron chi connectivity index (χ1n) is 8.34. The van der Waals surface area contributed by atoms with Gasteiger partial charge in [-0.1, -0.05) is 12.8 Å². The van der Waals surface area contributed by atoms with Crippen LogP contribution in [-0.2, 0) is 11.3 Å². The molecule has 1 aliphatic carbocycles. The second-order valence-corrected chi connectivity index (χ2v) is 6.43. The minimum atomic E-state index is -0.490. The maximum atomic E-state index is 12.7. The van der Waals surface area contributed by atoms with Gasteiger partial charge >= 0.3 is 0 Å². The van der Waals surface area contributed by atoms with E-state index < -0.39 is 6.04 Å². The third kappa shape index (κ3) is 2.68. The van der Waals surface area contributed by atoms with Gasteiger partial charge in [0.25, 0.3) is 5.91 Å². The van der Waals surface area contributed by atoms with Crippen LogP contribution in [0.5, 0.6) is 0 Å². The lowest BCUT2D eigenvalue weighted by molar-refractivity contribution is -0.126. The molecule has 1 fully saturated rings. The molecule has 4 rings (SSSR count). The zero-order valence-corrected chi connectivity index (χ0v) is 13.3. The third-order valence-electron chi connectivity index (χ3n) is 4.82. The van der Waals surface area contributed by atoms with E-state index in [0.29, 0.717) is 18.8 Å². The fraction of sp³-hybridized carbons (Fsp3) is 0.500. The number of carbonyl (C=O) groups is 2. The first-order chi connectivity index (χ1) is 11.7. The second-order valence-electron chi connectivity index (χ2n) is 6.43. The molecule has 8 heteroatoms. The van der Waals surface area contributed by atoms with Crippen molar-refractivity contribution in [2.75, 3.05) is 6.54 Å². The van der Waals surface area contributed by atoms with E-state index >= 15 is 0 Å². The zero-order chi connectivity index (χ0) is 16.5. The molecule has 8 nitrogen and oxygen atoms in total. The number of nitrogens with zero attached hydrogens (tertiary/aromatic N) is 4. The van der Waals surface area contributed by atoms with Crippen LogP contribution in [0.25, 0.3) is 0 Å². The van der Waals surface area contributed by atoms with Gasteiger partial charge in [0.1, 0.15) is 11.7 Å². The average molecular weight is 328 g/mol. The van der Waals surface area contributed by atoms with E-state index in [-0.39, 0.29) is 17.9 Å². The van der Waals surface area contributed by atoms with E-state index in [4.69, 9.17) is 0 Å². The Bertz CT molecular complexity index is 732. The van der Waals surface area contributed by atoms with Crippen molar-refractivity contribution in [3.05, 3.63) is 35.9 Å². The fourth-order valence-electron chi connectivity index (χ4n) is 3.56. The van der Waals surface area contributed by atoms with Crippen molar-refractivity contribution in [2.24, 2.45) is 0 Å². The van der Waals surface area contributed by atoms with Gasteiger partial charge in [-0.15, -0.1) is 0 Å². The molecule has 24 heavy (non-hydrogen) atoms. The Balaban J connectivity index is 1.54. The zero-order valence-electron chi connectivity index (χ0n) is 13.3. The summed E-state index contributed by atoms with van der Waals surface area (Å²) in [4.78, 5) is 27.0. The van der Waals surface area contributed by atoms with Crippen molar-refractivity contribution < 1.29 is 9.59 Å². The molecule has 1 aliphatic heterocycles. The number of fused-ring (bicyclic) bond motifs is 1. The Morgan fingerprint density at radius 1 is 1.21 bits per heavy atom. The molecule has 2 amide bonds. The molecule has 0 aromatic carbocycles. The molecule has 0 unspecified atom stereocenters. The minimum absolute atomic E-state index is 0.0611. The summed E-state index contributed by atoms with van der Waals surface area (Å²) in [7, 11) is 0. The van der Waals surface area contributed by atoms with Crippen LogP contribution in [0, 0.1) is 0 Å². The maximum Gasteiger partial charge on any atom is 0.272 e. The smallest absolute Gasteiger partial charge is 0.272 e. The third-order valence-corrected chi connectivity index (χ3v) is 4.82. The number of amides is 2. The van der Waals surface area contributed by atoms with Gasteiger partial charge in [-0.3, -0.25) is 19.4 Å². The molecule has 2 N–H and O–H groups in total. The molecule has 0 bridgehead atoms. The lowest BCUT2D eigenvalue weighted by atomic mass is 10.1. The quantitative estimate of drug-likeness (QED) is 0.873. The molecule has 1 saturated carbocycles. The summed E-state index contributed by atoms with van der Waals surface area (Å²) in [6.45, 7) is 0.746. The van der Waals surface area contributed by atoms with Crippen molar-refractivity contribution in [1.82, 2.24) is 30.2 Å². The van der Waals surface area contributed by atoms with Crippen molar-refractivity contribution in [3.8, 4) is 0 Å². The molecule has 2 aromatic rings. The van der Waals surface area contributed by atoms with Crippen LogP contribution >= 0.6 is 0 Å². The van der Waals surface area contributed by atoms with Gasteiger partial charge < -0.3 is 10.2 Å². The Morgan fingerprint density at radius 3 is 2.79 bits per heavy atom. The predicted octanol–water partition coefficient (Wildman–Crippen LogP) is 0.862. The highest BCUT2D eigenvalue weighted by Gasteiger charge is 2.34. The van der Waals surface area contributed by atoms with Crippen LogP contribution in [-0.4, -0.2) is 49.3 Å². The predicted molar refractivity (Wildman–Crippen MR) is 85.0 cm³/mol. The summed E-state index contributed by atoms with van der Waals surface area (Å²) in [5.41, 5.74) is 1.29. The normalized spacial score (nSPS) is 20.8. The average Bonchev–Trinajstić information content (AvgIpc) is 3.33. The van der Waals surface area contributed by atoms with Crippen molar-refractivity contribution in [2.45, 2.75) is 44.3 Å². The molecule has 0 saturated heterocycles. The first kappa shape index (κ1) is 14.9. The van der Waals surface area contributed by atoms with Crippen LogP contribution in [0.15, 0.2) is 24.5 Å². The lowest BCUT2D eigenvalue weighted by Crippen LogP contribution is -2.48. The summed E-state index contributed by atoms with van der Waals surface area (Å²) < 4.78 is 1.74. The van der Waals surface area contributed by atoms with Crippen molar-refractivity contribution >= 4 is 11.8 Å². The molecule has 1 atom stereocenters. The summed E-state index contributed by atoms with van der Waals surface area (Å²) in [6.07, 6.45) is 7.60. The summed E-state index contributed by atoms with van der Waals surface area (Å²) in [5.74, 6) is -0.215. The van der Waals surface area contributed by atoms with Crippen LogP contribution in [0.4, 0.5) is 0 Å². The van der Waals surface area contributed by atoms with Crippen molar-refractivity contribution in [1.29, 1.82) is 0 Å². The molecule has 0 spiro atoms. The van der Waals surface area contributed by atoms with Crippen LogP contribution in [0.3, 0.4) is 0 Å². The monoisotopic (exact) mass is 328 g/mol. The standard InChI is InChI=1S/C16H20N6O2/c23-15(19-11-3-1-2-4-11)14-10-21(9-12-5-8-18-22(12)14)16(24)13-6-7-17-20-13/h5-8,11,14H,1-4,9-10H2,(H,17,20)(H,19,23)/t14-/m0/s1. The first-order valence-corrected chi connectivity index (χ1v) is 8.34. The van der Waals surface area contributed by atoms with Crippen molar-refractivity contribution in [3.63, 3.8) is 0 Å². The Morgan fingerprint density at radius 2 is 2.04 bits per heavy atom. The molecule has 126 valence electrons. The van der Waals surface area contributed by atoms with Crippen LogP contribution < -0.4 is 5.32 Å². The highest BCUT2D eigenvalue weighted by molar-refractivity contribution is 5.93. The lowest BCUT2D eigenvalue weighted by Gasteiger charge is -2.33. The number of rotatable bonds is 3. The van der Waals surface area contributed by atoms with E-state index in [9.17, 15) is 9.59 Å². The van der Waals surface area contributed by atoms with E-state index in [2.05, 4.69) is 20.6 Å². The molecular weight excluding hydrogens is 308 g/mol. The molecule has 0 radical (unpaired) electrons. The van der Waals surface area contributed by atoms with Gasteiger partial charge in [0.05, 0.1) is 18.8 Å². The topological polar surface area (TPSA) is 95.9 Å². The van der Waals surface area contributed by atoms with E-state index in [0.717, 1.165) is 31.4 Å². The maximum absolute atomic E-state index is 12.7. The Labute approximate surface area is 139 Å². The van der Waals surface area contributed by atoms with Gasteiger partial charge in [-0.2, -0.15) is 10.2 Å². The van der Waals surface area contributed by atoms with Gasteiger partial charge in [-0.05, 0) is 25.0 Å². The Hall–Kier alpha value is -2.64. The number of aromatic amines is 1. The fourth-order valence-corrected chi connectivity index (χ4v) is 3.56. The number of hydrogen-bond donors (Lipinski definition) is 2. The summed E-state index contributed by atoms with van der Waals surface area (Å²) >= 11 is 0. The largest absolute Gasteiger partial charge is 0.351 e. The number of aromatic nitrogens is 4. The molecule has 2 aliphatic rings. The second kappa shape index (κ2) is 6.10. The number of H-pyrrole nitrogens is 1. The van der Waals surface area contributed by atoms with Crippen LogP contribution in [0.1, 0.15) is 47.9 Å². The van der Waals surface area contributed by atoms with Gasteiger partial charge in [-0.25, -0.2) is 0 Å². The minimum Gasteiger partial charge on any atom is -0.351 e. The number of nitrogens with one attached hydrogen (secondary N) is 2. The van der Waals surface area contributed by atoms with Gasteiger partial charge in [0.15, 0.2) is 0 Å². The molecule has 3 heterocycles. The Kier molecular flexibility index (Phi) is 3.79. The SMILES string of the molecule is O=C(NC1CCCC1)[C@@H]1CN(C(=O)c2ccn[nH]2)Cc2ccnn21.